The summed E-state index contributed by atoms with van der Waals surface area (Å²) in [4.78, 5) is 23.3. The molecule has 0 aliphatic rings. The highest BCUT2D eigenvalue weighted by molar-refractivity contribution is 14.1. The molecule has 0 atom stereocenters. The minimum atomic E-state index is -1.19. The second-order valence-electron chi connectivity index (χ2n) is 4.05. The Morgan fingerprint density at radius 3 is 2.33 bits per heavy atom. The number of benzene rings is 2. The van der Waals surface area contributed by atoms with Crippen molar-refractivity contribution < 1.29 is 14.7 Å². The molecule has 108 valence electrons. The first kappa shape index (κ1) is 16.1. The van der Waals surface area contributed by atoms with Crippen molar-refractivity contribution in [2.75, 3.05) is 5.32 Å². The SMILES string of the molecule is O=C(O)c1cc(NC(=O)c2ccccc2I)c(Cl)cc1Cl. The molecule has 0 unspecified atom stereocenters. The van der Waals surface area contributed by atoms with Crippen LogP contribution in [0.3, 0.4) is 0 Å². The van der Waals surface area contributed by atoms with Crippen LogP contribution in [0.25, 0.3) is 0 Å². The van der Waals surface area contributed by atoms with Crippen LogP contribution in [0.1, 0.15) is 20.7 Å². The van der Waals surface area contributed by atoms with Crippen molar-refractivity contribution in [2.45, 2.75) is 0 Å². The second-order valence-corrected chi connectivity index (χ2v) is 6.03. The Morgan fingerprint density at radius 2 is 1.71 bits per heavy atom. The Bertz CT molecular complexity index is 734. The summed E-state index contributed by atoms with van der Waals surface area (Å²) in [5, 5.41) is 11.8. The quantitative estimate of drug-likeness (QED) is 0.695. The normalized spacial score (nSPS) is 10.2. The van der Waals surface area contributed by atoms with E-state index in [1.54, 1.807) is 18.2 Å². The maximum absolute atomic E-state index is 12.2. The first-order valence-corrected chi connectivity index (χ1v) is 7.52. The molecule has 0 heterocycles. The lowest BCUT2D eigenvalue weighted by molar-refractivity contribution is 0.0696. The molecule has 4 nitrogen and oxygen atoms in total. The van der Waals surface area contributed by atoms with E-state index in [2.05, 4.69) is 5.32 Å². The molecule has 0 saturated heterocycles. The number of rotatable bonds is 3. The predicted octanol–water partition coefficient (Wildman–Crippen LogP) is 4.55. The fourth-order valence-electron chi connectivity index (χ4n) is 1.64. The van der Waals surface area contributed by atoms with Crippen molar-refractivity contribution in [1.29, 1.82) is 0 Å². The zero-order chi connectivity index (χ0) is 15.6. The molecule has 0 spiro atoms. The number of aromatic carboxylic acids is 1. The van der Waals surface area contributed by atoms with Gasteiger partial charge in [0.2, 0.25) is 0 Å². The van der Waals surface area contributed by atoms with Gasteiger partial charge in [-0.1, -0.05) is 35.3 Å². The van der Waals surface area contributed by atoms with Gasteiger partial charge in [-0.2, -0.15) is 0 Å². The van der Waals surface area contributed by atoms with Gasteiger partial charge in [0.1, 0.15) is 0 Å². The van der Waals surface area contributed by atoms with Crippen LogP contribution in [-0.2, 0) is 0 Å². The summed E-state index contributed by atoms with van der Waals surface area (Å²) in [5.41, 5.74) is 0.545. The molecular formula is C14H8Cl2INO3. The highest BCUT2D eigenvalue weighted by atomic mass is 127. The Hall–Kier alpha value is -1.31. The van der Waals surface area contributed by atoms with E-state index in [4.69, 9.17) is 28.3 Å². The molecule has 0 saturated carbocycles. The molecule has 2 N–H and O–H groups in total. The van der Waals surface area contributed by atoms with Gasteiger partial charge in [-0.25, -0.2) is 4.79 Å². The Balaban J connectivity index is 2.36. The summed E-state index contributed by atoms with van der Waals surface area (Å²) in [6.45, 7) is 0. The van der Waals surface area contributed by atoms with Gasteiger partial charge in [0.05, 0.1) is 26.9 Å². The number of anilines is 1. The molecule has 0 radical (unpaired) electrons. The topological polar surface area (TPSA) is 66.4 Å². The lowest BCUT2D eigenvalue weighted by Crippen LogP contribution is -2.14. The van der Waals surface area contributed by atoms with E-state index < -0.39 is 5.97 Å². The summed E-state index contributed by atoms with van der Waals surface area (Å²) in [5.74, 6) is -1.57. The van der Waals surface area contributed by atoms with Gasteiger partial charge >= 0.3 is 5.97 Å². The molecule has 2 aromatic carbocycles. The first-order chi connectivity index (χ1) is 9.90. The van der Waals surface area contributed by atoms with Crippen LogP contribution in [0, 0.1) is 3.57 Å². The number of carboxylic acid groups (broad SMARTS) is 1. The van der Waals surface area contributed by atoms with Crippen molar-refractivity contribution in [2.24, 2.45) is 0 Å². The first-order valence-electron chi connectivity index (χ1n) is 5.68. The molecule has 1 amide bonds. The van der Waals surface area contributed by atoms with Gasteiger partial charge in [-0.15, -0.1) is 0 Å². The van der Waals surface area contributed by atoms with Crippen molar-refractivity contribution in [3.05, 3.63) is 61.1 Å². The molecule has 2 rings (SSSR count). The maximum atomic E-state index is 12.2. The Labute approximate surface area is 144 Å². The van der Waals surface area contributed by atoms with Crippen molar-refractivity contribution in [3.8, 4) is 0 Å². The molecule has 0 bridgehead atoms. The number of halogens is 3. The third-order valence-corrected chi connectivity index (χ3v) is 4.22. The molecule has 0 fully saturated rings. The van der Waals surface area contributed by atoms with Crippen molar-refractivity contribution in [1.82, 2.24) is 0 Å². The van der Waals surface area contributed by atoms with E-state index >= 15 is 0 Å². The highest BCUT2D eigenvalue weighted by Gasteiger charge is 2.16. The van der Waals surface area contributed by atoms with Crippen LogP contribution >= 0.6 is 45.8 Å². The van der Waals surface area contributed by atoms with Crippen LogP contribution < -0.4 is 5.32 Å². The fraction of sp³-hybridized carbons (Fsp3) is 0. The number of carbonyl (C=O) groups is 2. The Kier molecular flexibility index (Phi) is 5.08. The molecule has 2 aromatic rings. The molecule has 0 aliphatic heterocycles. The lowest BCUT2D eigenvalue weighted by Gasteiger charge is -2.10. The van der Waals surface area contributed by atoms with Gasteiger partial charge in [-0.3, -0.25) is 4.79 Å². The molecule has 7 heteroatoms. The Morgan fingerprint density at radius 1 is 1.05 bits per heavy atom. The maximum Gasteiger partial charge on any atom is 0.337 e. The predicted molar refractivity (Wildman–Crippen MR) is 90.5 cm³/mol. The van der Waals surface area contributed by atoms with Gasteiger partial charge < -0.3 is 10.4 Å². The van der Waals surface area contributed by atoms with Crippen LogP contribution in [-0.4, -0.2) is 17.0 Å². The van der Waals surface area contributed by atoms with Crippen LogP contribution in [0.2, 0.25) is 10.0 Å². The summed E-state index contributed by atoms with van der Waals surface area (Å²) in [6, 6.07) is 9.54. The van der Waals surface area contributed by atoms with Gasteiger partial charge in [0.25, 0.3) is 5.91 Å². The monoisotopic (exact) mass is 435 g/mol. The number of carbonyl (C=O) groups excluding carboxylic acids is 1. The summed E-state index contributed by atoms with van der Waals surface area (Å²) >= 11 is 13.8. The minimum absolute atomic E-state index is 0.0137. The molecule has 0 aliphatic carbocycles. The van der Waals surface area contributed by atoms with Crippen LogP contribution in [0.4, 0.5) is 5.69 Å². The smallest absolute Gasteiger partial charge is 0.337 e. The summed E-state index contributed by atoms with van der Waals surface area (Å²) in [7, 11) is 0. The fourth-order valence-corrected chi connectivity index (χ4v) is 2.79. The number of hydrogen-bond donors (Lipinski definition) is 2. The average molecular weight is 436 g/mol. The van der Waals surface area contributed by atoms with E-state index in [1.807, 2.05) is 28.7 Å². The van der Waals surface area contributed by atoms with Crippen molar-refractivity contribution >= 4 is 63.4 Å². The van der Waals surface area contributed by atoms with Gasteiger partial charge in [-0.05, 0) is 46.9 Å². The standard InChI is InChI=1S/C14H8Cl2INO3/c15-9-6-10(16)12(5-8(9)14(20)21)18-13(19)7-3-1-2-4-11(7)17/h1-6H,(H,18,19)(H,20,21). The molecular weight excluding hydrogens is 428 g/mol. The summed E-state index contributed by atoms with van der Waals surface area (Å²) in [6.07, 6.45) is 0. The number of nitrogens with one attached hydrogen (secondary N) is 1. The largest absolute Gasteiger partial charge is 0.478 e. The zero-order valence-corrected chi connectivity index (χ0v) is 14.0. The zero-order valence-electron chi connectivity index (χ0n) is 10.4. The van der Waals surface area contributed by atoms with E-state index in [1.165, 1.54) is 12.1 Å². The van der Waals surface area contributed by atoms with E-state index in [0.29, 0.717) is 5.56 Å². The third kappa shape index (κ3) is 3.66. The minimum Gasteiger partial charge on any atom is -0.478 e. The second kappa shape index (κ2) is 6.64. The summed E-state index contributed by atoms with van der Waals surface area (Å²) < 4.78 is 0.774. The average Bonchev–Trinajstić information content (AvgIpc) is 2.41. The number of hydrogen-bond acceptors (Lipinski definition) is 2. The van der Waals surface area contributed by atoms with E-state index in [-0.39, 0.29) is 27.2 Å². The third-order valence-electron chi connectivity index (χ3n) is 2.65. The van der Waals surface area contributed by atoms with Crippen LogP contribution in [0.15, 0.2) is 36.4 Å². The van der Waals surface area contributed by atoms with Gasteiger partial charge in [0.15, 0.2) is 0 Å². The van der Waals surface area contributed by atoms with Gasteiger partial charge in [0, 0.05) is 3.57 Å². The number of carboxylic acids is 1. The molecule has 0 aromatic heterocycles. The van der Waals surface area contributed by atoms with E-state index in [9.17, 15) is 9.59 Å². The molecule has 21 heavy (non-hydrogen) atoms. The lowest BCUT2D eigenvalue weighted by atomic mass is 10.1. The number of amides is 1. The highest BCUT2D eigenvalue weighted by Crippen LogP contribution is 2.30. The van der Waals surface area contributed by atoms with Crippen molar-refractivity contribution in [3.63, 3.8) is 0 Å². The van der Waals surface area contributed by atoms with Crippen LogP contribution in [0.5, 0.6) is 0 Å². The van der Waals surface area contributed by atoms with E-state index in [0.717, 1.165) is 3.57 Å².